The molecular weight excluding hydrogens is 452 g/mol. The number of primary amides is 1. The van der Waals surface area contributed by atoms with Gasteiger partial charge in [-0.2, -0.15) is 4.31 Å². The number of hydrogen-bond donors (Lipinski definition) is 2. The Balaban J connectivity index is 1.40. The maximum atomic E-state index is 13.0. The summed E-state index contributed by atoms with van der Waals surface area (Å²) in [6, 6.07) is 5.40. The summed E-state index contributed by atoms with van der Waals surface area (Å²) in [5, 5.41) is 4.24. The first-order valence-corrected chi connectivity index (χ1v) is 13.6. The number of rotatable bonds is 6. The number of carbonyl (C=O) groups is 2. The van der Waals surface area contributed by atoms with Crippen molar-refractivity contribution in [1.82, 2.24) is 9.62 Å². The lowest BCUT2D eigenvalue weighted by atomic mass is 9.82. The third kappa shape index (κ3) is 5.25. The Hall–Kier alpha value is -2.52. The van der Waals surface area contributed by atoms with Crippen molar-refractivity contribution in [1.29, 1.82) is 0 Å². The average molecular weight is 487 g/mol. The summed E-state index contributed by atoms with van der Waals surface area (Å²) in [6.07, 6.45) is 6.90. The minimum atomic E-state index is -3.63. The lowest BCUT2D eigenvalue weighted by molar-refractivity contribution is -0.125. The van der Waals surface area contributed by atoms with Crippen LogP contribution in [-0.2, 0) is 26.0 Å². The lowest BCUT2D eigenvalue weighted by Gasteiger charge is -2.34. The summed E-state index contributed by atoms with van der Waals surface area (Å²) in [5.74, 6) is 1.35. The zero-order valence-corrected chi connectivity index (χ0v) is 20.7. The highest BCUT2D eigenvalue weighted by atomic mass is 32.2. The highest BCUT2D eigenvalue weighted by Crippen LogP contribution is 2.36. The Morgan fingerprint density at radius 3 is 2.53 bits per heavy atom. The molecule has 1 spiro atoms. The number of nitrogens with two attached hydrogens (primary N) is 1. The number of aliphatic imine (C=N–C) groups is 1. The number of hydrogen-bond acceptors (Lipinski definition) is 5. The number of amidine groups is 1. The largest absolute Gasteiger partial charge is 0.369 e. The number of nitrogens with one attached hydrogen (secondary N) is 1. The Bertz CT molecular complexity index is 1130. The summed E-state index contributed by atoms with van der Waals surface area (Å²) in [5.41, 5.74) is 6.83. The minimum Gasteiger partial charge on any atom is -0.369 e. The fourth-order valence-corrected chi connectivity index (χ4v) is 6.38. The maximum absolute atomic E-state index is 13.0. The van der Waals surface area contributed by atoms with Crippen LogP contribution in [0.2, 0.25) is 0 Å². The van der Waals surface area contributed by atoms with Crippen LogP contribution in [0.25, 0.3) is 6.08 Å². The molecule has 1 saturated carbocycles. The number of sulfonamides is 1. The summed E-state index contributed by atoms with van der Waals surface area (Å²) in [4.78, 5) is 28.8. The van der Waals surface area contributed by atoms with Crippen LogP contribution in [0.5, 0.6) is 0 Å². The first kappa shape index (κ1) is 24.6. The van der Waals surface area contributed by atoms with Gasteiger partial charge in [0.2, 0.25) is 15.9 Å². The van der Waals surface area contributed by atoms with E-state index in [2.05, 4.69) is 12.2 Å². The van der Waals surface area contributed by atoms with Crippen molar-refractivity contribution >= 4 is 33.7 Å². The van der Waals surface area contributed by atoms with Gasteiger partial charge >= 0.3 is 0 Å². The molecule has 0 aromatic heterocycles. The highest BCUT2D eigenvalue weighted by molar-refractivity contribution is 7.92. The van der Waals surface area contributed by atoms with Crippen molar-refractivity contribution < 1.29 is 18.0 Å². The third-order valence-electron chi connectivity index (χ3n) is 7.44. The van der Waals surface area contributed by atoms with E-state index in [1.165, 1.54) is 9.71 Å². The molecule has 2 aliphatic heterocycles. The van der Waals surface area contributed by atoms with Gasteiger partial charge < -0.3 is 11.1 Å². The molecule has 9 heteroatoms. The number of benzene rings is 1. The third-order valence-corrected chi connectivity index (χ3v) is 9.01. The Morgan fingerprint density at radius 2 is 1.91 bits per heavy atom. The molecule has 1 aromatic carbocycles. The normalized spacial score (nSPS) is 25.5. The topological polar surface area (TPSA) is 122 Å². The van der Waals surface area contributed by atoms with Gasteiger partial charge in [-0.05, 0) is 61.3 Å². The predicted molar refractivity (Wildman–Crippen MR) is 132 cm³/mol. The highest BCUT2D eigenvalue weighted by Gasteiger charge is 2.48. The SMILES string of the molecule is Cc1cc(CC(N)=O)ccc1C=CS(=O)(=O)N1CCC2(CC1)N=C(C1CCC(C)CC1)NC2=O. The maximum Gasteiger partial charge on any atom is 0.253 e. The molecule has 0 unspecified atom stereocenters. The van der Waals surface area contributed by atoms with Crippen LogP contribution in [-0.4, -0.2) is 49.0 Å². The summed E-state index contributed by atoms with van der Waals surface area (Å²) < 4.78 is 27.3. The Labute approximate surface area is 201 Å². The molecule has 4 rings (SSSR count). The Kier molecular flexibility index (Phi) is 6.96. The second-order valence-electron chi connectivity index (χ2n) is 10.0. The van der Waals surface area contributed by atoms with E-state index in [0.29, 0.717) is 18.8 Å². The Morgan fingerprint density at radius 1 is 1.24 bits per heavy atom. The summed E-state index contributed by atoms with van der Waals surface area (Å²) in [6.45, 7) is 4.64. The van der Waals surface area contributed by atoms with Crippen LogP contribution in [0, 0.1) is 18.8 Å². The van der Waals surface area contributed by atoms with Crippen molar-refractivity contribution in [2.45, 2.75) is 64.3 Å². The van der Waals surface area contributed by atoms with E-state index >= 15 is 0 Å². The molecule has 0 atom stereocenters. The van der Waals surface area contributed by atoms with Crippen LogP contribution in [0.4, 0.5) is 0 Å². The van der Waals surface area contributed by atoms with Crippen molar-refractivity contribution in [2.24, 2.45) is 22.6 Å². The van der Waals surface area contributed by atoms with Gasteiger partial charge in [-0.15, -0.1) is 0 Å². The molecular formula is C25H34N4O4S. The van der Waals surface area contributed by atoms with Crippen molar-refractivity contribution in [3.63, 3.8) is 0 Å². The number of aryl methyl sites for hydroxylation is 1. The number of carbonyl (C=O) groups excluding carboxylic acids is 2. The first-order valence-electron chi connectivity index (χ1n) is 12.1. The van der Waals surface area contributed by atoms with Crippen LogP contribution in [0.15, 0.2) is 28.6 Å². The number of nitrogens with zero attached hydrogens (tertiary/aromatic N) is 2. The van der Waals surface area contributed by atoms with E-state index in [4.69, 9.17) is 10.7 Å². The standard InChI is InChI=1S/C25H34N4O4S/c1-17-3-6-21(7-4-17)23-27-24(31)25(28-23)10-12-29(13-11-25)34(32,33)14-9-20-8-5-19(15-18(20)2)16-22(26)30/h5,8-9,14-15,17,21H,3-4,6-7,10-13,16H2,1-2H3,(H2,26,30)(H,27,28,31). The molecule has 1 aromatic rings. The molecule has 2 amide bonds. The molecule has 184 valence electrons. The molecule has 3 N–H and O–H groups in total. The minimum absolute atomic E-state index is 0.0830. The second kappa shape index (κ2) is 9.62. The van der Waals surface area contributed by atoms with Crippen molar-refractivity contribution in [2.75, 3.05) is 13.1 Å². The molecule has 2 fully saturated rings. The van der Waals surface area contributed by atoms with E-state index in [-0.39, 0.29) is 25.4 Å². The van der Waals surface area contributed by atoms with E-state index in [0.717, 1.165) is 54.1 Å². The van der Waals surface area contributed by atoms with Crippen LogP contribution >= 0.6 is 0 Å². The second-order valence-corrected chi connectivity index (χ2v) is 11.8. The van der Waals surface area contributed by atoms with Crippen molar-refractivity contribution in [3.05, 3.63) is 40.3 Å². The fraction of sp³-hybridized carbons (Fsp3) is 0.560. The van der Waals surface area contributed by atoms with Gasteiger partial charge in [-0.25, -0.2) is 8.42 Å². The number of amides is 2. The van der Waals surface area contributed by atoms with E-state index < -0.39 is 21.5 Å². The molecule has 1 saturated heterocycles. The van der Waals surface area contributed by atoms with Crippen LogP contribution < -0.4 is 11.1 Å². The van der Waals surface area contributed by atoms with Gasteiger partial charge in [-0.3, -0.25) is 14.6 Å². The molecule has 1 aliphatic carbocycles. The summed E-state index contributed by atoms with van der Waals surface area (Å²) in [7, 11) is -3.63. The van der Waals surface area contributed by atoms with Crippen LogP contribution in [0.1, 0.15) is 62.1 Å². The summed E-state index contributed by atoms with van der Waals surface area (Å²) >= 11 is 0. The predicted octanol–water partition coefficient (Wildman–Crippen LogP) is 2.51. The fourth-order valence-electron chi connectivity index (χ4n) is 5.20. The van der Waals surface area contributed by atoms with Gasteiger partial charge in [0.05, 0.1) is 6.42 Å². The van der Waals surface area contributed by atoms with Crippen molar-refractivity contribution in [3.8, 4) is 0 Å². The van der Waals surface area contributed by atoms with E-state index in [1.807, 2.05) is 13.0 Å². The zero-order chi connectivity index (χ0) is 24.5. The molecule has 8 nitrogen and oxygen atoms in total. The molecule has 2 heterocycles. The van der Waals surface area contributed by atoms with Gasteiger partial charge in [0, 0.05) is 24.4 Å². The van der Waals surface area contributed by atoms with Gasteiger partial charge in [-0.1, -0.05) is 38.0 Å². The van der Waals surface area contributed by atoms with E-state index in [9.17, 15) is 18.0 Å². The smallest absolute Gasteiger partial charge is 0.253 e. The first-order chi connectivity index (χ1) is 16.1. The van der Waals surface area contributed by atoms with Gasteiger partial charge in [0.15, 0.2) is 0 Å². The molecule has 3 aliphatic rings. The quantitative estimate of drug-likeness (QED) is 0.641. The van der Waals surface area contributed by atoms with Gasteiger partial charge in [0.1, 0.15) is 11.4 Å². The molecule has 0 bridgehead atoms. The lowest BCUT2D eigenvalue weighted by Crippen LogP contribution is -2.50. The van der Waals surface area contributed by atoms with E-state index in [1.54, 1.807) is 18.2 Å². The van der Waals surface area contributed by atoms with Crippen LogP contribution in [0.3, 0.4) is 0 Å². The monoisotopic (exact) mass is 486 g/mol. The average Bonchev–Trinajstić information content (AvgIpc) is 3.09. The molecule has 34 heavy (non-hydrogen) atoms. The molecule has 0 radical (unpaired) electrons. The zero-order valence-electron chi connectivity index (χ0n) is 19.9. The van der Waals surface area contributed by atoms with Gasteiger partial charge in [0.25, 0.3) is 5.91 Å². The number of piperidine rings is 1.